The summed E-state index contributed by atoms with van der Waals surface area (Å²) in [5.74, 6) is 0.889. The third kappa shape index (κ3) is 2.12. The van der Waals surface area contributed by atoms with Crippen LogP contribution in [0, 0.1) is 18.6 Å². The first-order valence-electron chi connectivity index (χ1n) is 4.70. The van der Waals surface area contributed by atoms with E-state index in [0.717, 1.165) is 17.1 Å². The summed E-state index contributed by atoms with van der Waals surface area (Å²) >= 11 is 5.12. The smallest absolute Gasteiger partial charge is 0.195 e. The lowest BCUT2D eigenvalue weighted by atomic mass is 10.2. The van der Waals surface area contributed by atoms with E-state index in [4.69, 9.17) is 12.2 Å². The summed E-state index contributed by atoms with van der Waals surface area (Å²) in [7, 11) is 0. The van der Waals surface area contributed by atoms with Gasteiger partial charge in [0.05, 0.1) is 6.54 Å². The second-order valence-corrected chi connectivity index (χ2v) is 3.86. The standard InChI is InChI=1S/C10H12N4S/c1-7-3-4-9(5-11-7)6-14-8(2)12-13-10(14)15/h3-5H,6H2,1-2H3,(H,13,15). The van der Waals surface area contributed by atoms with Crippen molar-refractivity contribution in [2.24, 2.45) is 0 Å². The highest BCUT2D eigenvalue weighted by Crippen LogP contribution is 2.04. The maximum Gasteiger partial charge on any atom is 0.195 e. The molecule has 0 aromatic carbocycles. The van der Waals surface area contributed by atoms with Gasteiger partial charge in [-0.3, -0.25) is 14.6 Å². The fourth-order valence-corrected chi connectivity index (χ4v) is 1.60. The number of nitrogens with zero attached hydrogens (tertiary/aromatic N) is 3. The Morgan fingerprint density at radius 3 is 2.73 bits per heavy atom. The molecular weight excluding hydrogens is 208 g/mol. The minimum Gasteiger partial charge on any atom is -0.300 e. The molecule has 0 aliphatic carbocycles. The van der Waals surface area contributed by atoms with Gasteiger partial charge in [0.2, 0.25) is 0 Å². The van der Waals surface area contributed by atoms with Crippen molar-refractivity contribution in [2.75, 3.05) is 0 Å². The highest BCUT2D eigenvalue weighted by molar-refractivity contribution is 7.71. The predicted octanol–water partition coefficient (Wildman–Crippen LogP) is 2.00. The van der Waals surface area contributed by atoms with Crippen LogP contribution in [0.4, 0.5) is 0 Å². The number of pyridine rings is 1. The van der Waals surface area contributed by atoms with E-state index in [1.165, 1.54) is 0 Å². The van der Waals surface area contributed by atoms with Crippen molar-refractivity contribution in [1.82, 2.24) is 19.7 Å². The van der Waals surface area contributed by atoms with Crippen LogP contribution in [-0.4, -0.2) is 19.7 Å². The Labute approximate surface area is 93.0 Å². The monoisotopic (exact) mass is 220 g/mol. The summed E-state index contributed by atoms with van der Waals surface area (Å²) in [5.41, 5.74) is 2.15. The lowest BCUT2D eigenvalue weighted by Crippen LogP contribution is -2.02. The molecule has 0 bridgehead atoms. The van der Waals surface area contributed by atoms with E-state index in [1.807, 2.05) is 30.7 Å². The molecule has 2 aromatic rings. The third-order valence-electron chi connectivity index (χ3n) is 2.26. The van der Waals surface area contributed by atoms with Crippen LogP contribution in [-0.2, 0) is 6.54 Å². The molecule has 2 heterocycles. The zero-order chi connectivity index (χ0) is 10.8. The van der Waals surface area contributed by atoms with Gasteiger partial charge in [-0.05, 0) is 37.7 Å². The zero-order valence-electron chi connectivity index (χ0n) is 8.69. The summed E-state index contributed by atoms with van der Waals surface area (Å²) in [6.07, 6.45) is 1.86. The van der Waals surface area contributed by atoms with Gasteiger partial charge in [0.15, 0.2) is 4.77 Å². The summed E-state index contributed by atoms with van der Waals surface area (Å²) in [4.78, 5) is 4.24. The van der Waals surface area contributed by atoms with E-state index in [0.29, 0.717) is 11.3 Å². The molecule has 0 unspecified atom stereocenters. The molecule has 15 heavy (non-hydrogen) atoms. The summed E-state index contributed by atoms with van der Waals surface area (Å²) < 4.78 is 2.59. The Balaban J connectivity index is 2.29. The lowest BCUT2D eigenvalue weighted by molar-refractivity contribution is 0.747. The number of rotatable bonds is 2. The Kier molecular flexibility index (Phi) is 2.64. The Morgan fingerprint density at radius 2 is 2.20 bits per heavy atom. The van der Waals surface area contributed by atoms with Crippen LogP contribution < -0.4 is 0 Å². The van der Waals surface area contributed by atoms with Crippen molar-refractivity contribution in [1.29, 1.82) is 0 Å². The van der Waals surface area contributed by atoms with Gasteiger partial charge in [-0.25, -0.2) is 0 Å². The molecule has 0 aliphatic heterocycles. The molecule has 0 radical (unpaired) electrons. The Hall–Kier alpha value is -1.49. The number of nitrogens with one attached hydrogen (secondary N) is 1. The van der Waals surface area contributed by atoms with E-state index in [2.05, 4.69) is 21.2 Å². The number of aromatic amines is 1. The van der Waals surface area contributed by atoms with E-state index >= 15 is 0 Å². The van der Waals surface area contributed by atoms with Crippen LogP contribution in [0.15, 0.2) is 18.3 Å². The van der Waals surface area contributed by atoms with E-state index in [1.54, 1.807) is 0 Å². The van der Waals surface area contributed by atoms with E-state index in [9.17, 15) is 0 Å². The second-order valence-electron chi connectivity index (χ2n) is 3.47. The molecule has 0 aliphatic rings. The van der Waals surface area contributed by atoms with E-state index in [-0.39, 0.29) is 0 Å². The molecule has 0 saturated heterocycles. The largest absolute Gasteiger partial charge is 0.300 e. The average Bonchev–Trinajstić information content (AvgIpc) is 2.53. The quantitative estimate of drug-likeness (QED) is 0.787. The SMILES string of the molecule is Cc1ccc(Cn2c(C)n[nH]c2=S)cn1. The minimum atomic E-state index is 0.646. The highest BCUT2D eigenvalue weighted by atomic mass is 32.1. The van der Waals surface area contributed by atoms with Crippen LogP contribution in [0.3, 0.4) is 0 Å². The summed E-state index contributed by atoms with van der Waals surface area (Å²) in [6.45, 7) is 4.61. The molecule has 2 aromatic heterocycles. The van der Waals surface area contributed by atoms with Crippen LogP contribution in [0.1, 0.15) is 17.1 Å². The average molecular weight is 220 g/mol. The third-order valence-corrected chi connectivity index (χ3v) is 2.57. The Bertz CT molecular complexity index is 509. The predicted molar refractivity (Wildman–Crippen MR) is 60.2 cm³/mol. The van der Waals surface area contributed by atoms with Gasteiger partial charge in [0, 0.05) is 11.9 Å². The fourth-order valence-electron chi connectivity index (χ4n) is 1.36. The van der Waals surface area contributed by atoms with Crippen molar-refractivity contribution in [3.8, 4) is 0 Å². The normalized spacial score (nSPS) is 10.5. The number of hydrogen-bond acceptors (Lipinski definition) is 3. The summed E-state index contributed by atoms with van der Waals surface area (Å²) in [6, 6.07) is 4.05. The minimum absolute atomic E-state index is 0.646. The molecule has 78 valence electrons. The van der Waals surface area contributed by atoms with Crippen molar-refractivity contribution in [2.45, 2.75) is 20.4 Å². The van der Waals surface area contributed by atoms with Crippen LogP contribution in [0.5, 0.6) is 0 Å². The first kappa shape index (κ1) is 10.0. The van der Waals surface area contributed by atoms with Crippen LogP contribution in [0.25, 0.3) is 0 Å². The van der Waals surface area contributed by atoms with Gasteiger partial charge < -0.3 is 0 Å². The van der Waals surface area contributed by atoms with Gasteiger partial charge >= 0.3 is 0 Å². The maximum atomic E-state index is 5.12. The van der Waals surface area contributed by atoms with Crippen LogP contribution >= 0.6 is 12.2 Å². The molecule has 0 fully saturated rings. The molecule has 0 amide bonds. The van der Waals surface area contributed by atoms with Crippen LogP contribution in [0.2, 0.25) is 0 Å². The lowest BCUT2D eigenvalue weighted by Gasteiger charge is -2.03. The molecule has 1 N–H and O–H groups in total. The zero-order valence-corrected chi connectivity index (χ0v) is 9.51. The second kappa shape index (κ2) is 3.94. The van der Waals surface area contributed by atoms with Crippen molar-refractivity contribution >= 4 is 12.2 Å². The maximum absolute atomic E-state index is 5.12. The molecule has 0 spiro atoms. The highest BCUT2D eigenvalue weighted by Gasteiger charge is 2.01. The number of aryl methyl sites for hydroxylation is 2. The number of H-pyrrole nitrogens is 1. The summed E-state index contributed by atoms with van der Waals surface area (Å²) in [5, 5.41) is 6.82. The van der Waals surface area contributed by atoms with Crippen molar-refractivity contribution in [3.05, 3.63) is 40.2 Å². The molecule has 4 nitrogen and oxygen atoms in total. The Morgan fingerprint density at radius 1 is 1.40 bits per heavy atom. The van der Waals surface area contributed by atoms with Crippen molar-refractivity contribution in [3.63, 3.8) is 0 Å². The van der Waals surface area contributed by atoms with Gasteiger partial charge in [-0.1, -0.05) is 6.07 Å². The molecule has 5 heteroatoms. The molecule has 2 rings (SSSR count). The van der Waals surface area contributed by atoms with Gasteiger partial charge in [0.1, 0.15) is 5.82 Å². The molecule has 0 atom stereocenters. The van der Waals surface area contributed by atoms with Gasteiger partial charge in [-0.15, -0.1) is 0 Å². The first-order chi connectivity index (χ1) is 7.16. The fraction of sp³-hybridized carbons (Fsp3) is 0.300. The number of hydrogen-bond donors (Lipinski definition) is 1. The number of aromatic nitrogens is 4. The van der Waals surface area contributed by atoms with Gasteiger partial charge in [0.25, 0.3) is 0 Å². The molecule has 0 saturated carbocycles. The van der Waals surface area contributed by atoms with Crippen molar-refractivity contribution < 1.29 is 0 Å². The van der Waals surface area contributed by atoms with Gasteiger partial charge in [-0.2, -0.15) is 5.10 Å². The topological polar surface area (TPSA) is 46.5 Å². The van der Waals surface area contributed by atoms with E-state index < -0.39 is 0 Å². The first-order valence-corrected chi connectivity index (χ1v) is 5.11. The molecular formula is C10H12N4S.